The van der Waals surface area contributed by atoms with Crippen molar-refractivity contribution in [1.82, 2.24) is 5.32 Å². The lowest BCUT2D eigenvalue weighted by Gasteiger charge is -2.10. The molecule has 0 bridgehead atoms. The molecule has 2 N–H and O–H groups in total. The van der Waals surface area contributed by atoms with Crippen LogP contribution >= 0.6 is 0 Å². The third-order valence-electron chi connectivity index (χ3n) is 4.68. The summed E-state index contributed by atoms with van der Waals surface area (Å²) in [6.45, 7) is -1.03. The number of carbonyl (C=O) groups is 3. The molecule has 2 amide bonds. The van der Waals surface area contributed by atoms with Crippen molar-refractivity contribution in [2.45, 2.75) is 0 Å². The van der Waals surface area contributed by atoms with E-state index < -0.39 is 35.9 Å². The third-order valence-corrected chi connectivity index (χ3v) is 4.68. The van der Waals surface area contributed by atoms with Crippen LogP contribution in [0.3, 0.4) is 0 Å². The maximum atomic E-state index is 12.3. The molecule has 3 aromatic carbocycles. The Balaban J connectivity index is 1.45. The predicted molar refractivity (Wildman–Crippen MR) is 123 cm³/mol. The summed E-state index contributed by atoms with van der Waals surface area (Å²) in [5, 5.41) is 15.7. The fourth-order valence-electron chi connectivity index (χ4n) is 2.98. The van der Waals surface area contributed by atoms with Crippen molar-refractivity contribution in [3.63, 3.8) is 0 Å². The molecule has 0 atom stereocenters. The van der Waals surface area contributed by atoms with Crippen molar-refractivity contribution in [1.29, 1.82) is 0 Å². The second-order valence-electron chi connectivity index (χ2n) is 6.98. The first-order valence-corrected chi connectivity index (χ1v) is 10.1. The van der Waals surface area contributed by atoms with E-state index in [9.17, 15) is 24.5 Å². The summed E-state index contributed by atoms with van der Waals surface area (Å²) < 4.78 is 9.89. The van der Waals surface area contributed by atoms with Crippen LogP contribution in [-0.4, -0.2) is 43.0 Å². The highest BCUT2D eigenvalue weighted by atomic mass is 16.6. The van der Waals surface area contributed by atoms with Crippen LogP contribution in [0.5, 0.6) is 5.75 Å². The molecule has 0 saturated carbocycles. The number of hydrogen-bond acceptors (Lipinski definition) is 7. The van der Waals surface area contributed by atoms with Crippen LogP contribution in [-0.2, 0) is 14.3 Å². The molecular formula is C24H21N3O7. The minimum absolute atomic E-state index is 0.0828. The van der Waals surface area contributed by atoms with E-state index >= 15 is 0 Å². The fourth-order valence-corrected chi connectivity index (χ4v) is 2.98. The molecule has 3 aromatic rings. The molecule has 174 valence electrons. The molecule has 0 fully saturated rings. The zero-order chi connectivity index (χ0) is 24.5. The summed E-state index contributed by atoms with van der Waals surface area (Å²) in [5.41, 5.74) is 2.32. The van der Waals surface area contributed by atoms with Crippen molar-refractivity contribution in [2.75, 3.05) is 25.6 Å². The molecular weight excluding hydrogens is 442 g/mol. The first-order chi connectivity index (χ1) is 16.4. The maximum absolute atomic E-state index is 12.3. The zero-order valence-electron chi connectivity index (χ0n) is 18.1. The van der Waals surface area contributed by atoms with Crippen LogP contribution in [0.2, 0.25) is 0 Å². The molecule has 34 heavy (non-hydrogen) atoms. The minimum Gasteiger partial charge on any atom is -0.494 e. The van der Waals surface area contributed by atoms with E-state index in [0.717, 1.165) is 17.2 Å². The van der Waals surface area contributed by atoms with E-state index in [-0.39, 0.29) is 17.1 Å². The largest absolute Gasteiger partial charge is 0.494 e. The van der Waals surface area contributed by atoms with Crippen molar-refractivity contribution in [3.8, 4) is 16.9 Å². The van der Waals surface area contributed by atoms with Gasteiger partial charge in [0.15, 0.2) is 6.61 Å². The number of nitrogens with zero attached hydrogens (tertiary/aromatic N) is 1. The number of non-ortho nitro benzene ring substituents is 1. The van der Waals surface area contributed by atoms with E-state index in [1.165, 1.54) is 19.2 Å². The second-order valence-corrected chi connectivity index (χ2v) is 6.98. The molecule has 0 spiro atoms. The Kier molecular flexibility index (Phi) is 7.90. The Bertz CT molecular complexity index is 1190. The summed E-state index contributed by atoms with van der Waals surface area (Å²) in [6.07, 6.45) is 0. The number of carbonyl (C=O) groups excluding carboxylic acids is 3. The average Bonchev–Trinajstić information content (AvgIpc) is 2.86. The SMILES string of the molecule is COc1cc([N+](=O)[O-])ccc1NC(=O)COC(=O)CNC(=O)c1ccc(-c2ccccc2)cc1. The van der Waals surface area contributed by atoms with E-state index in [2.05, 4.69) is 10.6 Å². The summed E-state index contributed by atoms with van der Waals surface area (Å²) >= 11 is 0. The zero-order valence-corrected chi connectivity index (χ0v) is 18.1. The topological polar surface area (TPSA) is 137 Å². The van der Waals surface area contributed by atoms with Gasteiger partial charge in [-0.25, -0.2) is 0 Å². The summed E-state index contributed by atoms with van der Waals surface area (Å²) in [4.78, 5) is 46.4. The lowest BCUT2D eigenvalue weighted by atomic mass is 10.0. The average molecular weight is 463 g/mol. The quantitative estimate of drug-likeness (QED) is 0.282. The highest BCUT2D eigenvalue weighted by molar-refractivity contribution is 5.97. The Morgan fingerprint density at radius 2 is 1.62 bits per heavy atom. The molecule has 0 aliphatic rings. The normalized spacial score (nSPS) is 10.1. The number of ether oxygens (including phenoxy) is 2. The Morgan fingerprint density at radius 1 is 0.941 bits per heavy atom. The Labute approximate surface area is 194 Å². The van der Waals surface area contributed by atoms with Gasteiger partial charge in [0.1, 0.15) is 12.3 Å². The molecule has 10 heteroatoms. The molecule has 0 aromatic heterocycles. The van der Waals surface area contributed by atoms with Gasteiger partial charge in [-0.15, -0.1) is 0 Å². The number of nitro benzene ring substituents is 1. The van der Waals surface area contributed by atoms with E-state index in [0.29, 0.717) is 5.56 Å². The predicted octanol–water partition coefficient (Wildman–Crippen LogP) is 3.18. The molecule has 3 rings (SSSR count). The minimum atomic E-state index is -0.805. The number of esters is 1. The van der Waals surface area contributed by atoms with E-state index in [1.807, 2.05) is 30.3 Å². The van der Waals surface area contributed by atoms with Gasteiger partial charge >= 0.3 is 5.97 Å². The monoisotopic (exact) mass is 463 g/mol. The van der Waals surface area contributed by atoms with Gasteiger partial charge in [0.05, 0.1) is 23.8 Å². The fraction of sp³-hybridized carbons (Fsp3) is 0.125. The highest BCUT2D eigenvalue weighted by Crippen LogP contribution is 2.28. The molecule has 10 nitrogen and oxygen atoms in total. The van der Waals surface area contributed by atoms with E-state index in [4.69, 9.17) is 9.47 Å². The number of methoxy groups -OCH3 is 1. The van der Waals surface area contributed by atoms with Gasteiger partial charge in [0, 0.05) is 11.6 Å². The van der Waals surface area contributed by atoms with Gasteiger partial charge in [-0.1, -0.05) is 42.5 Å². The number of anilines is 1. The summed E-state index contributed by atoms with van der Waals surface area (Å²) in [5.74, 6) is -1.86. The number of nitrogens with one attached hydrogen (secondary N) is 2. The van der Waals surface area contributed by atoms with Crippen LogP contribution in [0.25, 0.3) is 11.1 Å². The maximum Gasteiger partial charge on any atom is 0.325 e. The molecule has 0 heterocycles. The van der Waals surface area contributed by atoms with Crippen molar-refractivity contribution >= 4 is 29.2 Å². The Hall–Kier alpha value is -4.73. The number of nitro groups is 1. The number of rotatable bonds is 9. The van der Waals surface area contributed by atoms with Crippen molar-refractivity contribution < 1.29 is 28.8 Å². The van der Waals surface area contributed by atoms with Gasteiger partial charge in [-0.2, -0.15) is 0 Å². The van der Waals surface area contributed by atoms with Crippen molar-refractivity contribution in [3.05, 3.63) is 88.5 Å². The molecule has 0 aliphatic heterocycles. The van der Waals surface area contributed by atoms with Gasteiger partial charge in [-0.05, 0) is 29.3 Å². The second kappa shape index (κ2) is 11.2. The van der Waals surface area contributed by atoms with Gasteiger partial charge in [-0.3, -0.25) is 24.5 Å². The van der Waals surface area contributed by atoms with Crippen LogP contribution in [0.15, 0.2) is 72.8 Å². The number of hydrogen-bond donors (Lipinski definition) is 2. The lowest BCUT2D eigenvalue weighted by Crippen LogP contribution is -2.32. The van der Waals surface area contributed by atoms with Gasteiger partial charge < -0.3 is 20.1 Å². The van der Waals surface area contributed by atoms with Crippen LogP contribution in [0, 0.1) is 10.1 Å². The standard InChI is InChI=1S/C24H21N3O7/c1-33-21-13-19(27(31)32)11-12-20(21)26-22(28)15-34-23(29)14-25-24(30)18-9-7-17(8-10-18)16-5-3-2-4-6-16/h2-13H,14-15H2,1H3,(H,25,30)(H,26,28). The first kappa shape index (κ1) is 23.9. The lowest BCUT2D eigenvalue weighted by molar-refractivity contribution is -0.384. The highest BCUT2D eigenvalue weighted by Gasteiger charge is 2.15. The summed E-state index contributed by atoms with van der Waals surface area (Å²) in [6, 6.07) is 20.2. The smallest absolute Gasteiger partial charge is 0.325 e. The van der Waals surface area contributed by atoms with Gasteiger partial charge in [0.25, 0.3) is 17.5 Å². The van der Waals surface area contributed by atoms with Gasteiger partial charge in [0.2, 0.25) is 0 Å². The Morgan fingerprint density at radius 3 is 2.26 bits per heavy atom. The number of benzene rings is 3. The molecule has 0 unspecified atom stereocenters. The third kappa shape index (κ3) is 6.39. The summed E-state index contributed by atoms with van der Waals surface area (Å²) in [7, 11) is 1.30. The number of amides is 2. The molecule has 0 aliphatic carbocycles. The van der Waals surface area contributed by atoms with Crippen LogP contribution in [0.4, 0.5) is 11.4 Å². The van der Waals surface area contributed by atoms with Crippen LogP contribution < -0.4 is 15.4 Å². The molecule has 0 saturated heterocycles. The first-order valence-electron chi connectivity index (χ1n) is 10.1. The van der Waals surface area contributed by atoms with Crippen LogP contribution in [0.1, 0.15) is 10.4 Å². The van der Waals surface area contributed by atoms with Crippen molar-refractivity contribution in [2.24, 2.45) is 0 Å². The van der Waals surface area contributed by atoms with E-state index in [1.54, 1.807) is 24.3 Å². The molecule has 0 radical (unpaired) electrons.